The van der Waals surface area contributed by atoms with E-state index in [1.807, 2.05) is 67.6 Å². The SMILES string of the molecule is CCCCOC(=O)c1c(NC(=O)c2cccc3ccccc23)sc2ccccc12. The third-order valence-electron chi connectivity index (χ3n) is 4.79. The zero-order valence-corrected chi connectivity index (χ0v) is 16.9. The van der Waals surface area contributed by atoms with Crippen LogP contribution in [0.5, 0.6) is 0 Å². The van der Waals surface area contributed by atoms with Crippen LogP contribution < -0.4 is 5.32 Å². The molecule has 4 rings (SSSR count). The van der Waals surface area contributed by atoms with Gasteiger partial charge in [-0.2, -0.15) is 0 Å². The molecular formula is C24H21NO3S. The zero-order chi connectivity index (χ0) is 20.2. The van der Waals surface area contributed by atoms with Crippen molar-refractivity contribution in [1.82, 2.24) is 0 Å². The molecule has 0 aliphatic heterocycles. The second-order valence-electron chi connectivity index (χ2n) is 6.77. The standard InChI is InChI=1S/C24H21NO3S/c1-2-3-15-28-24(27)21-19-12-6-7-14-20(19)29-23(21)25-22(26)18-13-8-10-16-9-4-5-11-17(16)18/h4-14H,2-3,15H2,1H3,(H,25,26). The van der Waals surface area contributed by atoms with E-state index in [4.69, 9.17) is 4.74 Å². The first kappa shape index (κ1) is 19.2. The van der Waals surface area contributed by atoms with E-state index in [2.05, 4.69) is 5.32 Å². The molecule has 0 saturated carbocycles. The number of rotatable bonds is 6. The van der Waals surface area contributed by atoms with Crippen LogP contribution in [0.4, 0.5) is 5.00 Å². The molecular weight excluding hydrogens is 382 g/mol. The van der Waals surface area contributed by atoms with E-state index >= 15 is 0 Å². The van der Waals surface area contributed by atoms with Crippen LogP contribution in [0.3, 0.4) is 0 Å². The number of carbonyl (C=O) groups is 2. The number of hydrogen-bond acceptors (Lipinski definition) is 4. The maximum absolute atomic E-state index is 13.1. The van der Waals surface area contributed by atoms with Crippen LogP contribution in [0.1, 0.15) is 40.5 Å². The van der Waals surface area contributed by atoms with Crippen molar-refractivity contribution in [3.05, 3.63) is 77.9 Å². The van der Waals surface area contributed by atoms with Crippen molar-refractivity contribution in [2.75, 3.05) is 11.9 Å². The fourth-order valence-corrected chi connectivity index (χ4v) is 4.40. The minimum Gasteiger partial charge on any atom is -0.462 e. The normalized spacial score (nSPS) is 10.9. The molecule has 0 fully saturated rings. The Bertz CT molecular complexity index is 1190. The molecule has 0 aliphatic carbocycles. The molecule has 0 spiro atoms. The first-order valence-corrected chi connectivity index (χ1v) is 10.5. The summed E-state index contributed by atoms with van der Waals surface area (Å²) in [5, 5.41) is 6.15. The number of benzene rings is 3. The molecule has 1 aromatic heterocycles. The summed E-state index contributed by atoms with van der Waals surface area (Å²) in [5.74, 6) is -0.639. The van der Waals surface area contributed by atoms with Crippen molar-refractivity contribution in [3.63, 3.8) is 0 Å². The monoisotopic (exact) mass is 403 g/mol. The second kappa shape index (κ2) is 8.45. The van der Waals surface area contributed by atoms with Gasteiger partial charge in [0, 0.05) is 15.6 Å². The van der Waals surface area contributed by atoms with Crippen LogP contribution in [-0.2, 0) is 4.74 Å². The van der Waals surface area contributed by atoms with Crippen LogP contribution in [0.25, 0.3) is 20.9 Å². The van der Waals surface area contributed by atoms with Gasteiger partial charge in [-0.3, -0.25) is 4.79 Å². The van der Waals surface area contributed by atoms with E-state index in [9.17, 15) is 9.59 Å². The van der Waals surface area contributed by atoms with Crippen molar-refractivity contribution in [1.29, 1.82) is 0 Å². The number of hydrogen-bond donors (Lipinski definition) is 1. The molecule has 0 bridgehead atoms. The van der Waals surface area contributed by atoms with E-state index in [0.29, 0.717) is 22.7 Å². The van der Waals surface area contributed by atoms with Gasteiger partial charge in [0.2, 0.25) is 0 Å². The summed E-state index contributed by atoms with van der Waals surface area (Å²) < 4.78 is 6.38. The lowest BCUT2D eigenvalue weighted by molar-refractivity contribution is 0.0503. The maximum Gasteiger partial charge on any atom is 0.341 e. The molecule has 29 heavy (non-hydrogen) atoms. The first-order valence-electron chi connectivity index (χ1n) is 9.67. The highest BCUT2D eigenvalue weighted by Gasteiger charge is 2.22. The highest BCUT2D eigenvalue weighted by atomic mass is 32.1. The number of fused-ring (bicyclic) bond motifs is 2. The molecule has 1 amide bonds. The van der Waals surface area contributed by atoms with Crippen LogP contribution in [0.15, 0.2) is 66.7 Å². The molecule has 5 heteroatoms. The lowest BCUT2D eigenvalue weighted by Crippen LogP contribution is -2.15. The number of esters is 1. The van der Waals surface area contributed by atoms with Crippen molar-refractivity contribution in [2.24, 2.45) is 0 Å². The average Bonchev–Trinajstić information content (AvgIpc) is 3.11. The first-order chi connectivity index (χ1) is 14.2. The minimum atomic E-state index is -0.399. The second-order valence-corrected chi connectivity index (χ2v) is 7.82. The lowest BCUT2D eigenvalue weighted by Gasteiger charge is -2.09. The predicted molar refractivity (Wildman–Crippen MR) is 119 cm³/mol. The van der Waals surface area contributed by atoms with E-state index in [0.717, 1.165) is 33.7 Å². The van der Waals surface area contributed by atoms with Crippen molar-refractivity contribution in [2.45, 2.75) is 19.8 Å². The van der Waals surface area contributed by atoms with Gasteiger partial charge in [0.15, 0.2) is 0 Å². The number of nitrogens with one attached hydrogen (secondary N) is 1. The van der Waals surface area contributed by atoms with Gasteiger partial charge in [-0.05, 0) is 29.3 Å². The van der Waals surface area contributed by atoms with E-state index in [1.54, 1.807) is 6.07 Å². The minimum absolute atomic E-state index is 0.240. The summed E-state index contributed by atoms with van der Waals surface area (Å²) in [6, 6.07) is 21.0. The lowest BCUT2D eigenvalue weighted by atomic mass is 10.0. The van der Waals surface area contributed by atoms with E-state index in [1.165, 1.54) is 11.3 Å². The van der Waals surface area contributed by atoms with Gasteiger partial charge < -0.3 is 10.1 Å². The molecule has 1 N–H and O–H groups in total. The van der Waals surface area contributed by atoms with E-state index < -0.39 is 5.97 Å². The Hall–Kier alpha value is -3.18. The third kappa shape index (κ3) is 3.87. The smallest absolute Gasteiger partial charge is 0.341 e. The van der Waals surface area contributed by atoms with Gasteiger partial charge in [-0.1, -0.05) is 67.9 Å². The zero-order valence-electron chi connectivity index (χ0n) is 16.1. The number of unbranched alkanes of at least 4 members (excludes halogenated alkanes) is 1. The largest absolute Gasteiger partial charge is 0.462 e. The molecule has 146 valence electrons. The van der Waals surface area contributed by atoms with Gasteiger partial charge >= 0.3 is 5.97 Å². The van der Waals surface area contributed by atoms with Crippen LogP contribution in [0.2, 0.25) is 0 Å². The van der Waals surface area contributed by atoms with Gasteiger partial charge in [0.1, 0.15) is 10.6 Å². The van der Waals surface area contributed by atoms with Gasteiger partial charge in [-0.25, -0.2) is 4.79 Å². The molecule has 1 heterocycles. The topological polar surface area (TPSA) is 55.4 Å². The molecule has 0 aliphatic rings. The quantitative estimate of drug-likeness (QED) is 0.305. The summed E-state index contributed by atoms with van der Waals surface area (Å²) in [5.41, 5.74) is 1.00. The Balaban J connectivity index is 1.71. The number of ether oxygens (including phenoxy) is 1. The molecule has 0 unspecified atom stereocenters. The Morgan fingerprint density at radius 2 is 1.66 bits per heavy atom. The Labute approximate surface area is 173 Å². The summed E-state index contributed by atoms with van der Waals surface area (Å²) >= 11 is 1.39. The molecule has 0 atom stereocenters. The van der Waals surface area contributed by atoms with Gasteiger partial charge in [0.05, 0.1) is 6.61 Å². The summed E-state index contributed by atoms with van der Waals surface area (Å²) in [7, 11) is 0. The number of carbonyl (C=O) groups excluding carboxylic acids is 2. The van der Waals surface area contributed by atoms with Crippen LogP contribution in [0, 0.1) is 0 Å². The molecule has 0 radical (unpaired) electrons. The Morgan fingerprint density at radius 3 is 2.48 bits per heavy atom. The number of amides is 1. The van der Waals surface area contributed by atoms with Gasteiger partial charge in [0.25, 0.3) is 5.91 Å². The average molecular weight is 404 g/mol. The van der Waals surface area contributed by atoms with E-state index in [-0.39, 0.29) is 5.91 Å². The maximum atomic E-state index is 13.1. The van der Waals surface area contributed by atoms with Crippen molar-refractivity contribution in [3.8, 4) is 0 Å². The highest BCUT2D eigenvalue weighted by Crippen LogP contribution is 2.36. The summed E-state index contributed by atoms with van der Waals surface area (Å²) in [4.78, 5) is 25.9. The molecule has 4 aromatic rings. The Kier molecular flexibility index (Phi) is 5.58. The molecule has 0 saturated heterocycles. The van der Waals surface area contributed by atoms with Crippen LogP contribution in [-0.4, -0.2) is 18.5 Å². The predicted octanol–water partition coefficient (Wildman–Crippen LogP) is 6.26. The third-order valence-corrected chi connectivity index (χ3v) is 5.88. The van der Waals surface area contributed by atoms with Crippen LogP contribution >= 0.6 is 11.3 Å². The number of anilines is 1. The molecule has 3 aromatic carbocycles. The highest BCUT2D eigenvalue weighted by molar-refractivity contribution is 7.23. The van der Waals surface area contributed by atoms with Gasteiger partial charge in [-0.15, -0.1) is 11.3 Å². The Morgan fingerprint density at radius 1 is 0.931 bits per heavy atom. The van der Waals surface area contributed by atoms with Crippen molar-refractivity contribution >= 4 is 49.1 Å². The van der Waals surface area contributed by atoms with Crippen molar-refractivity contribution < 1.29 is 14.3 Å². The fraction of sp³-hybridized carbons (Fsp3) is 0.167. The summed E-state index contributed by atoms with van der Waals surface area (Å²) in [6.45, 7) is 2.42. The molecule has 4 nitrogen and oxygen atoms in total. The fourth-order valence-electron chi connectivity index (χ4n) is 3.31. The number of thiophene rings is 1. The summed E-state index contributed by atoms with van der Waals surface area (Å²) in [6.07, 6.45) is 1.76.